The molecule has 0 N–H and O–H groups in total. The van der Waals surface area contributed by atoms with Crippen LogP contribution in [-0.2, 0) is 14.2 Å². The van der Waals surface area contributed by atoms with Gasteiger partial charge in [0.25, 0.3) is 0 Å². The lowest BCUT2D eigenvalue weighted by Crippen LogP contribution is -2.33. The van der Waals surface area contributed by atoms with Gasteiger partial charge in [-0.3, -0.25) is 0 Å². The van der Waals surface area contributed by atoms with Gasteiger partial charge < -0.3 is 14.2 Å². The van der Waals surface area contributed by atoms with Crippen LogP contribution in [0.25, 0.3) is 0 Å². The van der Waals surface area contributed by atoms with Gasteiger partial charge in [-0.15, -0.1) is 0 Å². The lowest BCUT2D eigenvalue weighted by Gasteiger charge is -2.31. The Labute approximate surface area is 188 Å². The molecule has 0 spiro atoms. The lowest BCUT2D eigenvalue weighted by atomic mass is 9.97. The highest BCUT2D eigenvalue weighted by Gasteiger charge is 2.28. The van der Waals surface area contributed by atoms with Gasteiger partial charge in [-0.25, -0.2) is 0 Å². The average molecular weight is 425 g/mol. The molecule has 3 heteroatoms. The van der Waals surface area contributed by atoms with Gasteiger partial charge >= 0.3 is 0 Å². The highest BCUT2D eigenvalue weighted by Crippen LogP contribution is 2.28. The summed E-state index contributed by atoms with van der Waals surface area (Å²) in [6.07, 6.45) is 30.0. The fourth-order valence-corrected chi connectivity index (χ4v) is 4.70. The molecule has 0 bridgehead atoms. The molecule has 0 unspecified atom stereocenters. The van der Waals surface area contributed by atoms with E-state index in [1.807, 2.05) is 0 Å². The minimum absolute atomic E-state index is 0.292. The molecule has 2 aliphatic carbocycles. The minimum atomic E-state index is -0.292. The van der Waals surface area contributed by atoms with Crippen LogP contribution in [-0.4, -0.2) is 27.1 Å². The van der Waals surface area contributed by atoms with E-state index < -0.39 is 0 Å². The van der Waals surface area contributed by atoms with Gasteiger partial charge in [-0.2, -0.15) is 0 Å². The molecule has 0 aromatic heterocycles. The molecule has 0 atom stereocenters. The maximum absolute atomic E-state index is 5.61. The van der Waals surface area contributed by atoms with Crippen molar-refractivity contribution in [3.8, 4) is 0 Å². The van der Waals surface area contributed by atoms with E-state index in [0.29, 0.717) is 0 Å². The van der Waals surface area contributed by atoms with Crippen molar-refractivity contribution in [2.45, 2.75) is 141 Å². The molecule has 0 radical (unpaired) electrons. The van der Waals surface area contributed by atoms with Crippen molar-refractivity contribution in [3.05, 3.63) is 11.8 Å². The Morgan fingerprint density at radius 1 is 0.533 bits per heavy atom. The molecule has 1 fully saturated rings. The Kier molecular flexibility index (Phi) is 17.6. The number of hydrogen-bond donors (Lipinski definition) is 0. The summed E-state index contributed by atoms with van der Waals surface area (Å²) in [5.74, 6) is 0.921. The summed E-state index contributed by atoms with van der Waals surface area (Å²) >= 11 is 0. The van der Waals surface area contributed by atoms with Gasteiger partial charge in [0.2, 0.25) is 0 Å². The van der Waals surface area contributed by atoms with E-state index in [-0.39, 0.29) is 5.79 Å². The van der Waals surface area contributed by atoms with Crippen molar-refractivity contribution in [3.63, 3.8) is 0 Å². The molecule has 0 aromatic rings. The zero-order chi connectivity index (χ0) is 21.8. The standard InChI is InChI=1S/C14H28O2.C13H24O/c1-15-14(16-2)12-10-8-6-4-3-5-7-9-11-13-14;1-14-13-11-9-7-5-3-2-4-6-8-10-12-13/h3-13H2,1-2H3;11H,2-10,12H2,1H3/b;13-11+. The smallest absolute Gasteiger partial charge is 0.167 e. The highest BCUT2D eigenvalue weighted by atomic mass is 16.7. The quantitative estimate of drug-likeness (QED) is 0.424. The van der Waals surface area contributed by atoms with E-state index in [1.165, 1.54) is 121 Å². The molecule has 3 nitrogen and oxygen atoms in total. The molecule has 0 aliphatic heterocycles. The largest absolute Gasteiger partial charge is 0.501 e. The third-order valence-electron chi connectivity index (χ3n) is 6.87. The van der Waals surface area contributed by atoms with Crippen LogP contribution in [0.3, 0.4) is 0 Å². The summed E-state index contributed by atoms with van der Waals surface area (Å²) in [4.78, 5) is 0. The Bertz CT molecular complexity index is 387. The van der Waals surface area contributed by atoms with E-state index in [1.54, 1.807) is 21.3 Å². The zero-order valence-electron chi connectivity index (χ0n) is 20.7. The van der Waals surface area contributed by atoms with Gasteiger partial charge in [0.1, 0.15) is 0 Å². The van der Waals surface area contributed by atoms with Crippen molar-refractivity contribution in [2.75, 3.05) is 21.3 Å². The van der Waals surface area contributed by atoms with E-state index in [2.05, 4.69) is 6.08 Å². The summed E-state index contributed by atoms with van der Waals surface area (Å²) < 4.78 is 16.6. The monoisotopic (exact) mass is 424 g/mol. The van der Waals surface area contributed by atoms with Crippen LogP contribution >= 0.6 is 0 Å². The molecule has 30 heavy (non-hydrogen) atoms. The first kappa shape index (κ1) is 27.5. The first-order valence-corrected chi connectivity index (χ1v) is 13.1. The summed E-state index contributed by atoms with van der Waals surface area (Å²) in [6.45, 7) is 0. The first-order valence-electron chi connectivity index (χ1n) is 13.1. The minimum Gasteiger partial charge on any atom is -0.501 e. The van der Waals surface area contributed by atoms with Crippen LogP contribution in [0.4, 0.5) is 0 Å². The van der Waals surface area contributed by atoms with Crippen molar-refractivity contribution < 1.29 is 14.2 Å². The SMILES string of the molecule is CO/C1=C/CCCCCCCCCC1.COC1(OC)CCCCCCCCCCC1. The Balaban J connectivity index is 0.000000303. The fourth-order valence-electron chi connectivity index (χ4n) is 4.70. The summed E-state index contributed by atoms with van der Waals surface area (Å²) in [5.41, 5.74) is 0. The van der Waals surface area contributed by atoms with Crippen LogP contribution in [0.5, 0.6) is 0 Å². The number of ether oxygens (including phenoxy) is 3. The van der Waals surface area contributed by atoms with Crippen molar-refractivity contribution in [1.29, 1.82) is 0 Å². The third kappa shape index (κ3) is 13.7. The van der Waals surface area contributed by atoms with Crippen LogP contribution in [0, 0.1) is 0 Å². The Morgan fingerprint density at radius 3 is 1.37 bits per heavy atom. The molecule has 0 saturated heterocycles. The zero-order valence-corrected chi connectivity index (χ0v) is 20.7. The second-order valence-corrected chi connectivity index (χ2v) is 9.24. The number of rotatable bonds is 3. The molecule has 2 rings (SSSR count). The molecule has 0 heterocycles. The molecule has 178 valence electrons. The predicted octanol–water partition coefficient (Wildman–Crippen LogP) is 8.71. The van der Waals surface area contributed by atoms with Crippen molar-refractivity contribution >= 4 is 0 Å². The molecule has 1 saturated carbocycles. The normalized spacial score (nSPS) is 24.8. The predicted molar refractivity (Wildman–Crippen MR) is 129 cm³/mol. The van der Waals surface area contributed by atoms with Crippen molar-refractivity contribution in [1.82, 2.24) is 0 Å². The maximum Gasteiger partial charge on any atom is 0.167 e. The van der Waals surface area contributed by atoms with Crippen LogP contribution in [0.1, 0.15) is 135 Å². The summed E-state index contributed by atoms with van der Waals surface area (Å²) in [5, 5.41) is 0. The van der Waals surface area contributed by atoms with Gasteiger partial charge in [-0.05, 0) is 38.2 Å². The van der Waals surface area contributed by atoms with E-state index >= 15 is 0 Å². The van der Waals surface area contributed by atoms with Gasteiger partial charge in [0, 0.05) is 33.5 Å². The topological polar surface area (TPSA) is 27.7 Å². The Morgan fingerprint density at radius 2 is 0.933 bits per heavy atom. The van der Waals surface area contributed by atoms with Crippen molar-refractivity contribution in [2.24, 2.45) is 0 Å². The molecular formula is C27H52O3. The molecule has 0 aromatic carbocycles. The van der Waals surface area contributed by atoms with Gasteiger partial charge in [0.05, 0.1) is 12.9 Å². The fraction of sp³-hybridized carbons (Fsp3) is 0.926. The van der Waals surface area contributed by atoms with Crippen LogP contribution in [0.2, 0.25) is 0 Å². The van der Waals surface area contributed by atoms with E-state index in [4.69, 9.17) is 14.2 Å². The number of allylic oxidation sites excluding steroid dienone is 2. The maximum atomic E-state index is 5.61. The van der Waals surface area contributed by atoms with Gasteiger partial charge in [-0.1, -0.05) is 83.5 Å². The van der Waals surface area contributed by atoms with Gasteiger partial charge in [0.15, 0.2) is 5.79 Å². The van der Waals surface area contributed by atoms with E-state index in [0.717, 1.165) is 19.3 Å². The number of methoxy groups -OCH3 is 3. The second kappa shape index (κ2) is 19.2. The first-order chi connectivity index (χ1) is 14.8. The average Bonchev–Trinajstić information content (AvgIpc) is 2.76. The number of hydrogen-bond acceptors (Lipinski definition) is 3. The highest BCUT2D eigenvalue weighted by molar-refractivity contribution is 4.92. The molecule has 2 aliphatic rings. The Hall–Kier alpha value is -0.540. The third-order valence-corrected chi connectivity index (χ3v) is 6.87. The van der Waals surface area contributed by atoms with E-state index in [9.17, 15) is 0 Å². The van der Waals surface area contributed by atoms with Crippen LogP contribution in [0.15, 0.2) is 11.8 Å². The lowest BCUT2D eigenvalue weighted by molar-refractivity contribution is -0.216. The second-order valence-electron chi connectivity index (χ2n) is 9.24. The molecule has 0 amide bonds. The summed E-state index contributed by atoms with van der Waals surface area (Å²) in [7, 11) is 5.38. The summed E-state index contributed by atoms with van der Waals surface area (Å²) in [6, 6.07) is 0. The molecular weight excluding hydrogens is 372 g/mol. The van der Waals surface area contributed by atoms with Crippen LogP contribution < -0.4 is 0 Å².